The molecule has 0 aliphatic carbocycles. The number of aromatic hydroxyl groups is 1. The number of hydrogen-bond donors (Lipinski definition) is 3. The molecule has 0 aliphatic rings. The number of nitrogens with one attached hydrogen (secondary N) is 1. The molecule has 21 heavy (non-hydrogen) atoms. The van der Waals surface area contributed by atoms with E-state index in [4.69, 9.17) is 9.84 Å². The number of hydrogen-bond acceptors (Lipinski definition) is 5. The van der Waals surface area contributed by atoms with Crippen LogP contribution in [0.2, 0.25) is 0 Å². The molecule has 0 unspecified atom stereocenters. The van der Waals surface area contributed by atoms with Crippen molar-refractivity contribution in [3.63, 3.8) is 0 Å². The number of carbonyl (C=O) groups is 2. The second kappa shape index (κ2) is 5.84. The lowest BCUT2D eigenvalue weighted by atomic mass is 10.1. The number of phenolic OH excluding ortho intramolecular Hbond substituents is 1. The number of carboxylic acids is 1. The van der Waals surface area contributed by atoms with Crippen molar-refractivity contribution < 1.29 is 24.5 Å². The number of amides is 1. The number of aryl methyl sites for hydroxylation is 1. The first-order chi connectivity index (χ1) is 9.93. The highest BCUT2D eigenvalue weighted by atomic mass is 32.1. The fourth-order valence-electron chi connectivity index (χ4n) is 1.77. The van der Waals surface area contributed by atoms with E-state index in [0.717, 1.165) is 11.3 Å². The molecule has 6 nitrogen and oxygen atoms in total. The van der Waals surface area contributed by atoms with E-state index in [2.05, 4.69) is 5.32 Å². The van der Waals surface area contributed by atoms with E-state index in [1.807, 2.05) is 0 Å². The number of aromatic carboxylic acids is 1. The fourth-order valence-corrected chi connectivity index (χ4v) is 2.61. The molecule has 1 aromatic carbocycles. The third-order valence-corrected chi connectivity index (χ3v) is 3.94. The molecule has 2 rings (SSSR count). The Bertz CT molecular complexity index is 707. The number of ether oxygens (including phenoxy) is 1. The van der Waals surface area contributed by atoms with Crippen LogP contribution in [0.25, 0.3) is 0 Å². The molecule has 0 aliphatic heterocycles. The Hall–Kier alpha value is -2.54. The van der Waals surface area contributed by atoms with Crippen molar-refractivity contribution in [2.75, 3.05) is 12.4 Å². The lowest BCUT2D eigenvalue weighted by molar-refractivity contribution is 0.0703. The minimum atomic E-state index is -1.11. The van der Waals surface area contributed by atoms with Crippen LogP contribution in [0.5, 0.6) is 11.5 Å². The summed E-state index contributed by atoms with van der Waals surface area (Å²) in [7, 11) is 1.45. The maximum Gasteiger partial charge on any atom is 0.348 e. The van der Waals surface area contributed by atoms with Crippen molar-refractivity contribution >= 4 is 28.9 Å². The largest absolute Gasteiger partial charge is 0.507 e. The fraction of sp³-hybridized carbons (Fsp3) is 0.143. The molecule has 0 saturated carbocycles. The zero-order chi connectivity index (χ0) is 15.6. The molecule has 0 saturated heterocycles. The van der Waals surface area contributed by atoms with Crippen LogP contribution in [-0.4, -0.2) is 29.2 Å². The molecule has 0 atom stereocenters. The van der Waals surface area contributed by atoms with E-state index in [1.54, 1.807) is 12.3 Å². The summed E-state index contributed by atoms with van der Waals surface area (Å²) < 4.78 is 4.94. The monoisotopic (exact) mass is 307 g/mol. The zero-order valence-corrected chi connectivity index (χ0v) is 12.2. The van der Waals surface area contributed by atoms with Crippen molar-refractivity contribution in [1.82, 2.24) is 0 Å². The standard InChI is InChI=1S/C14H13NO5S/c1-7-6-21-12(14(18)19)11(7)15-13(17)9-4-3-8(20-2)5-10(9)16/h3-6,16H,1-2H3,(H,15,17)(H,18,19). The van der Waals surface area contributed by atoms with Crippen LogP contribution in [0, 0.1) is 6.92 Å². The Morgan fingerprint density at radius 2 is 2.05 bits per heavy atom. The van der Waals surface area contributed by atoms with Gasteiger partial charge in [0.1, 0.15) is 16.4 Å². The number of thiophene rings is 1. The van der Waals surface area contributed by atoms with Crippen LogP contribution in [0.4, 0.5) is 5.69 Å². The molecule has 1 aromatic heterocycles. The summed E-state index contributed by atoms with van der Waals surface area (Å²) in [5, 5.41) is 23.1. The SMILES string of the molecule is COc1ccc(C(=O)Nc2c(C)csc2C(=O)O)c(O)c1. The van der Waals surface area contributed by atoms with E-state index in [-0.39, 0.29) is 21.9 Å². The summed E-state index contributed by atoms with van der Waals surface area (Å²) in [6, 6.07) is 4.26. The van der Waals surface area contributed by atoms with Crippen molar-refractivity contribution in [1.29, 1.82) is 0 Å². The molecule has 3 N–H and O–H groups in total. The van der Waals surface area contributed by atoms with Gasteiger partial charge in [-0.15, -0.1) is 11.3 Å². The highest BCUT2D eigenvalue weighted by Gasteiger charge is 2.19. The quantitative estimate of drug-likeness (QED) is 0.807. The van der Waals surface area contributed by atoms with Gasteiger partial charge in [-0.25, -0.2) is 4.79 Å². The number of methoxy groups -OCH3 is 1. The van der Waals surface area contributed by atoms with E-state index >= 15 is 0 Å². The van der Waals surface area contributed by atoms with E-state index in [9.17, 15) is 14.7 Å². The molecule has 2 aromatic rings. The molecule has 110 valence electrons. The minimum absolute atomic E-state index is 0.0396. The maximum absolute atomic E-state index is 12.2. The van der Waals surface area contributed by atoms with Crippen LogP contribution in [0.3, 0.4) is 0 Å². The molecule has 1 amide bonds. The number of benzene rings is 1. The third kappa shape index (κ3) is 2.97. The van der Waals surface area contributed by atoms with E-state index in [1.165, 1.54) is 25.3 Å². The first kappa shape index (κ1) is 14.9. The summed E-state index contributed by atoms with van der Waals surface area (Å²) in [5.74, 6) is -1.51. The number of carbonyl (C=O) groups excluding carboxylic acids is 1. The normalized spacial score (nSPS) is 10.2. The van der Waals surface area contributed by atoms with Gasteiger partial charge in [0.25, 0.3) is 5.91 Å². The second-order valence-corrected chi connectivity index (χ2v) is 5.14. The minimum Gasteiger partial charge on any atom is -0.507 e. The molecule has 0 bridgehead atoms. The van der Waals surface area contributed by atoms with E-state index in [0.29, 0.717) is 11.3 Å². The van der Waals surface area contributed by atoms with Gasteiger partial charge < -0.3 is 20.3 Å². The Kier molecular flexibility index (Phi) is 4.13. The van der Waals surface area contributed by atoms with Crippen LogP contribution in [0.15, 0.2) is 23.6 Å². The Morgan fingerprint density at radius 3 is 2.62 bits per heavy atom. The molecule has 0 radical (unpaired) electrons. The topological polar surface area (TPSA) is 95.9 Å². The van der Waals surface area contributed by atoms with Gasteiger partial charge in [0, 0.05) is 6.07 Å². The maximum atomic E-state index is 12.2. The molecular weight excluding hydrogens is 294 g/mol. The first-order valence-corrected chi connectivity index (χ1v) is 6.81. The average molecular weight is 307 g/mol. The number of phenols is 1. The summed E-state index contributed by atoms with van der Waals surface area (Å²) in [4.78, 5) is 23.3. The van der Waals surface area contributed by atoms with Gasteiger partial charge in [0.2, 0.25) is 0 Å². The highest BCUT2D eigenvalue weighted by Crippen LogP contribution is 2.29. The van der Waals surface area contributed by atoms with Gasteiger partial charge in [0.05, 0.1) is 18.4 Å². The predicted octanol–water partition coefficient (Wildman–Crippen LogP) is 2.72. The van der Waals surface area contributed by atoms with Gasteiger partial charge in [-0.1, -0.05) is 0 Å². The lowest BCUT2D eigenvalue weighted by Crippen LogP contribution is -2.14. The van der Waals surface area contributed by atoms with Gasteiger partial charge in [-0.2, -0.15) is 0 Å². The first-order valence-electron chi connectivity index (χ1n) is 5.93. The predicted molar refractivity (Wildman–Crippen MR) is 78.6 cm³/mol. The molecule has 0 fully saturated rings. The number of anilines is 1. The molecule has 7 heteroatoms. The van der Waals surface area contributed by atoms with Crippen LogP contribution in [-0.2, 0) is 0 Å². The summed E-state index contributed by atoms with van der Waals surface area (Å²) in [6.07, 6.45) is 0. The van der Waals surface area contributed by atoms with Crippen molar-refractivity contribution in [3.8, 4) is 11.5 Å². The second-order valence-electron chi connectivity index (χ2n) is 4.27. The van der Waals surface area contributed by atoms with Crippen LogP contribution < -0.4 is 10.1 Å². The van der Waals surface area contributed by atoms with Gasteiger partial charge in [-0.05, 0) is 30.0 Å². The third-order valence-electron chi connectivity index (χ3n) is 2.86. The van der Waals surface area contributed by atoms with E-state index < -0.39 is 11.9 Å². The Morgan fingerprint density at radius 1 is 1.33 bits per heavy atom. The molecule has 1 heterocycles. The van der Waals surface area contributed by atoms with Crippen LogP contribution >= 0.6 is 11.3 Å². The molecular formula is C14H13NO5S. The van der Waals surface area contributed by atoms with Gasteiger partial charge in [-0.3, -0.25) is 4.79 Å². The Labute approximate surface area is 124 Å². The number of carboxylic acid groups (broad SMARTS) is 1. The van der Waals surface area contributed by atoms with Crippen molar-refractivity contribution in [2.45, 2.75) is 6.92 Å². The summed E-state index contributed by atoms with van der Waals surface area (Å²) in [5.41, 5.74) is 0.934. The smallest absolute Gasteiger partial charge is 0.348 e. The highest BCUT2D eigenvalue weighted by molar-refractivity contribution is 7.12. The lowest BCUT2D eigenvalue weighted by Gasteiger charge is -2.09. The van der Waals surface area contributed by atoms with Gasteiger partial charge >= 0.3 is 5.97 Å². The Balaban J connectivity index is 2.30. The van der Waals surface area contributed by atoms with Crippen molar-refractivity contribution in [2.24, 2.45) is 0 Å². The average Bonchev–Trinajstić information content (AvgIpc) is 2.80. The van der Waals surface area contributed by atoms with Crippen molar-refractivity contribution in [3.05, 3.63) is 39.6 Å². The molecule has 0 spiro atoms. The summed E-state index contributed by atoms with van der Waals surface area (Å²) >= 11 is 1.03. The summed E-state index contributed by atoms with van der Waals surface area (Å²) in [6.45, 7) is 1.70. The zero-order valence-electron chi connectivity index (χ0n) is 11.3. The van der Waals surface area contributed by atoms with Crippen LogP contribution in [0.1, 0.15) is 25.6 Å². The van der Waals surface area contributed by atoms with Gasteiger partial charge in [0.15, 0.2) is 0 Å². The number of rotatable bonds is 4.